The molecule has 0 bridgehead atoms. The second-order valence-corrected chi connectivity index (χ2v) is 6.85. The Labute approximate surface area is 119 Å². The molecule has 2 N–H and O–H groups in total. The Balaban J connectivity index is 1.97. The van der Waals surface area contributed by atoms with Crippen LogP contribution in [0.15, 0.2) is 17.3 Å². The number of ether oxygens (including phenoxy) is 1. The summed E-state index contributed by atoms with van der Waals surface area (Å²) in [5, 5.41) is 12.7. The predicted molar refractivity (Wildman–Crippen MR) is 72.7 cm³/mol. The highest BCUT2D eigenvalue weighted by atomic mass is 32.2. The van der Waals surface area contributed by atoms with Crippen LogP contribution >= 0.6 is 0 Å². The van der Waals surface area contributed by atoms with Crippen LogP contribution in [0, 0.1) is 0 Å². The first kappa shape index (κ1) is 15.4. The summed E-state index contributed by atoms with van der Waals surface area (Å²) in [6.45, 7) is 0.832. The van der Waals surface area contributed by atoms with Crippen molar-refractivity contribution in [1.29, 1.82) is 0 Å². The van der Waals surface area contributed by atoms with Crippen LogP contribution in [0.1, 0.15) is 25.7 Å². The highest BCUT2D eigenvalue weighted by molar-refractivity contribution is 7.89. The maximum atomic E-state index is 12.2. The van der Waals surface area contributed by atoms with E-state index in [9.17, 15) is 8.42 Å². The molecule has 1 saturated carbocycles. The Hall–Kier alpha value is -0.960. The zero-order chi connectivity index (χ0) is 14.6. The molecule has 2 rings (SSSR count). The monoisotopic (exact) mass is 303 g/mol. The number of sulfonamides is 1. The second-order valence-electron chi connectivity index (χ2n) is 5.08. The van der Waals surface area contributed by atoms with Gasteiger partial charge >= 0.3 is 0 Å². The van der Waals surface area contributed by atoms with Crippen molar-refractivity contribution < 1.29 is 18.3 Å². The lowest BCUT2D eigenvalue weighted by Gasteiger charge is -2.40. The Morgan fingerprint density at radius 3 is 2.85 bits per heavy atom. The molecule has 0 amide bonds. The van der Waals surface area contributed by atoms with E-state index < -0.39 is 10.0 Å². The molecule has 1 aliphatic rings. The molecular formula is C12H21N3O4S. The minimum atomic E-state index is -3.56. The summed E-state index contributed by atoms with van der Waals surface area (Å²) in [7, 11) is -1.95. The summed E-state index contributed by atoms with van der Waals surface area (Å²) in [5.74, 6) is 0. The molecule has 0 spiro atoms. The molecule has 0 aromatic carbocycles. The molecule has 0 unspecified atom stereocenters. The van der Waals surface area contributed by atoms with Gasteiger partial charge in [0.2, 0.25) is 10.0 Å². The van der Waals surface area contributed by atoms with E-state index in [1.54, 1.807) is 7.11 Å². The number of aryl methyl sites for hydroxylation is 1. The van der Waals surface area contributed by atoms with Gasteiger partial charge < -0.3 is 9.84 Å². The first-order valence-electron chi connectivity index (χ1n) is 6.69. The van der Waals surface area contributed by atoms with Gasteiger partial charge in [0.25, 0.3) is 0 Å². The molecule has 0 radical (unpaired) electrons. The number of nitrogens with zero attached hydrogens (tertiary/aromatic N) is 2. The summed E-state index contributed by atoms with van der Waals surface area (Å²) in [6, 6.07) is 0. The van der Waals surface area contributed by atoms with E-state index in [1.807, 2.05) is 0 Å². The Bertz CT molecular complexity index is 531. The number of methoxy groups -OCH3 is 1. The van der Waals surface area contributed by atoms with E-state index in [-0.39, 0.29) is 23.6 Å². The van der Waals surface area contributed by atoms with Gasteiger partial charge in [0.05, 0.1) is 11.8 Å². The molecule has 1 aliphatic carbocycles. The van der Waals surface area contributed by atoms with Gasteiger partial charge in [0, 0.05) is 33.0 Å². The van der Waals surface area contributed by atoms with Crippen molar-refractivity contribution >= 4 is 10.0 Å². The minimum Gasteiger partial charge on any atom is -0.396 e. The largest absolute Gasteiger partial charge is 0.396 e. The van der Waals surface area contributed by atoms with E-state index in [0.29, 0.717) is 13.0 Å². The van der Waals surface area contributed by atoms with Gasteiger partial charge in [-0.15, -0.1) is 0 Å². The van der Waals surface area contributed by atoms with Crippen molar-refractivity contribution in [2.45, 2.75) is 42.7 Å². The first-order valence-corrected chi connectivity index (χ1v) is 8.18. The van der Waals surface area contributed by atoms with Crippen LogP contribution in [0.5, 0.6) is 0 Å². The van der Waals surface area contributed by atoms with Crippen molar-refractivity contribution in [2.24, 2.45) is 0 Å². The molecule has 7 nitrogen and oxygen atoms in total. The number of nitrogens with one attached hydrogen (secondary N) is 1. The van der Waals surface area contributed by atoms with Crippen LogP contribution in [0.25, 0.3) is 0 Å². The lowest BCUT2D eigenvalue weighted by Crippen LogP contribution is -2.49. The second kappa shape index (κ2) is 6.21. The number of hydrogen-bond donors (Lipinski definition) is 2. The summed E-state index contributed by atoms with van der Waals surface area (Å²) in [6.07, 6.45) is 6.15. The quantitative estimate of drug-likeness (QED) is 0.711. The van der Waals surface area contributed by atoms with Gasteiger partial charge in [-0.3, -0.25) is 4.68 Å². The summed E-state index contributed by atoms with van der Waals surface area (Å²) in [5.41, 5.74) is -0.347. The van der Waals surface area contributed by atoms with E-state index in [1.165, 1.54) is 17.1 Å². The van der Waals surface area contributed by atoms with Gasteiger partial charge in [0.1, 0.15) is 4.90 Å². The van der Waals surface area contributed by atoms with Crippen LogP contribution in [-0.2, 0) is 21.3 Å². The van der Waals surface area contributed by atoms with Gasteiger partial charge in [-0.05, 0) is 25.7 Å². The smallest absolute Gasteiger partial charge is 0.243 e. The summed E-state index contributed by atoms with van der Waals surface area (Å²) in [4.78, 5) is 0.140. The normalized spacial score (nSPS) is 17.9. The van der Waals surface area contributed by atoms with Crippen LogP contribution in [-0.4, -0.2) is 49.2 Å². The molecule has 114 valence electrons. The van der Waals surface area contributed by atoms with E-state index in [2.05, 4.69) is 9.82 Å². The maximum absolute atomic E-state index is 12.2. The molecule has 1 fully saturated rings. The highest BCUT2D eigenvalue weighted by Crippen LogP contribution is 2.34. The van der Waals surface area contributed by atoms with Gasteiger partial charge in [-0.1, -0.05) is 0 Å². The van der Waals surface area contributed by atoms with Gasteiger partial charge in [-0.2, -0.15) is 5.10 Å². The number of aliphatic hydroxyl groups is 1. The third-order valence-electron chi connectivity index (χ3n) is 3.75. The van der Waals surface area contributed by atoms with Crippen molar-refractivity contribution in [3.8, 4) is 0 Å². The van der Waals surface area contributed by atoms with Crippen molar-refractivity contribution in [1.82, 2.24) is 14.5 Å². The van der Waals surface area contributed by atoms with Crippen molar-refractivity contribution in [2.75, 3.05) is 20.3 Å². The van der Waals surface area contributed by atoms with Crippen LogP contribution in [0.2, 0.25) is 0 Å². The standard InChI is InChI=1S/C12H21N3O4S/c1-19-12(4-2-5-12)10-14-20(17,18)11-8-13-15(9-11)6-3-7-16/h8-9,14,16H,2-7,10H2,1H3. The fourth-order valence-electron chi connectivity index (χ4n) is 2.17. The molecule has 1 heterocycles. The molecular weight excluding hydrogens is 282 g/mol. The predicted octanol–water partition coefficient (Wildman–Crippen LogP) is 0.113. The fraction of sp³-hybridized carbons (Fsp3) is 0.750. The third kappa shape index (κ3) is 3.38. The first-order chi connectivity index (χ1) is 9.51. The zero-order valence-corrected chi connectivity index (χ0v) is 12.4. The molecule has 1 aromatic heterocycles. The zero-order valence-electron chi connectivity index (χ0n) is 11.6. The molecule has 8 heteroatoms. The van der Waals surface area contributed by atoms with E-state index in [0.717, 1.165) is 19.3 Å². The average Bonchev–Trinajstić information content (AvgIpc) is 2.85. The highest BCUT2D eigenvalue weighted by Gasteiger charge is 2.38. The van der Waals surface area contributed by atoms with Crippen LogP contribution in [0.4, 0.5) is 0 Å². The minimum absolute atomic E-state index is 0.0521. The number of aromatic nitrogens is 2. The van der Waals surface area contributed by atoms with Crippen LogP contribution in [0.3, 0.4) is 0 Å². The molecule has 0 aliphatic heterocycles. The number of rotatable bonds is 8. The van der Waals surface area contributed by atoms with Crippen LogP contribution < -0.4 is 4.72 Å². The molecule has 0 atom stereocenters. The lowest BCUT2D eigenvalue weighted by molar-refractivity contribution is -0.0659. The lowest BCUT2D eigenvalue weighted by atomic mass is 9.80. The molecule has 0 saturated heterocycles. The average molecular weight is 303 g/mol. The Morgan fingerprint density at radius 1 is 1.55 bits per heavy atom. The summed E-state index contributed by atoms with van der Waals surface area (Å²) < 4.78 is 33.8. The number of aliphatic hydroxyl groups excluding tert-OH is 1. The number of hydrogen-bond acceptors (Lipinski definition) is 5. The Kier molecular flexibility index (Phi) is 4.79. The van der Waals surface area contributed by atoms with E-state index in [4.69, 9.17) is 9.84 Å². The van der Waals surface area contributed by atoms with Gasteiger partial charge in [-0.25, -0.2) is 13.1 Å². The SMILES string of the molecule is COC1(CNS(=O)(=O)c2cnn(CCCO)c2)CCC1. The topological polar surface area (TPSA) is 93.5 Å². The van der Waals surface area contributed by atoms with Crippen molar-refractivity contribution in [3.63, 3.8) is 0 Å². The van der Waals surface area contributed by atoms with Gasteiger partial charge in [0.15, 0.2) is 0 Å². The molecule has 20 heavy (non-hydrogen) atoms. The van der Waals surface area contributed by atoms with E-state index >= 15 is 0 Å². The fourth-order valence-corrected chi connectivity index (χ4v) is 3.24. The Morgan fingerprint density at radius 2 is 2.30 bits per heavy atom. The molecule has 1 aromatic rings. The third-order valence-corrected chi connectivity index (χ3v) is 5.10. The maximum Gasteiger partial charge on any atom is 0.243 e. The summed E-state index contributed by atoms with van der Waals surface area (Å²) >= 11 is 0. The van der Waals surface area contributed by atoms with Crippen molar-refractivity contribution in [3.05, 3.63) is 12.4 Å².